The van der Waals surface area contributed by atoms with E-state index in [9.17, 15) is 0 Å². The Morgan fingerprint density at radius 2 is 2.06 bits per heavy atom. The standard InChI is InChI=1S/C14H27NO2S/c1-3-5-10-18-13-11-14(16-8-9-17-14)7-6-12(13)15-4-2/h12-13,15H,3-11H2,1-2H3. The smallest absolute Gasteiger partial charge is 0.169 e. The topological polar surface area (TPSA) is 30.5 Å². The third-order valence-electron chi connectivity index (χ3n) is 3.91. The van der Waals surface area contributed by atoms with Crippen molar-refractivity contribution in [2.45, 2.75) is 63.0 Å². The maximum absolute atomic E-state index is 5.88. The summed E-state index contributed by atoms with van der Waals surface area (Å²) in [6.45, 7) is 7.06. The van der Waals surface area contributed by atoms with Crippen molar-refractivity contribution in [2.24, 2.45) is 0 Å². The first kappa shape index (κ1) is 14.6. The predicted molar refractivity (Wildman–Crippen MR) is 77.1 cm³/mol. The Balaban J connectivity index is 1.89. The molecule has 3 nitrogen and oxygen atoms in total. The van der Waals surface area contributed by atoms with Crippen LogP contribution in [0.25, 0.3) is 0 Å². The quantitative estimate of drug-likeness (QED) is 0.754. The van der Waals surface area contributed by atoms with Crippen molar-refractivity contribution in [3.8, 4) is 0 Å². The molecule has 2 atom stereocenters. The fraction of sp³-hybridized carbons (Fsp3) is 1.00. The van der Waals surface area contributed by atoms with Gasteiger partial charge >= 0.3 is 0 Å². The highest BCUT2D eigenvalue weighted by molar-refractivity contribution is 7.99. The Morgan fingerprint density at radius 1 is 1.28 bits per heavy atom. The summed E-state index contributed by atoms with van der Waals surface area (Å²) < 4.78 is 11.8. The predicted octanol–water partition coefficient (Wildman–Crippen LogP) is 2.79. The van der Waals surface area contributed by atoms with Crippen LogP contribution in [0.4, 0.5) is 0 Å². The molecule has 2 fully saturated rings. The SMILES string of the molecule is CCCCSC1CC2(CCC1NCC)OCCO2. The number of nitrogens with one attached hydrogen (secondary N) is 1. The molecule has 2 rings (SSSR count). The second-order valence-electron chi connectivity index (χ2n) is 5.28. The molecule has 1 aliphatic heterocycles. The Labute approximate surface area is 115 Å². The zero-order valence-electron chi connectivity index (χ0n) is 11.7. The molecule has 0 amide bonds. The molecule has 0 aromatic rings. The monoisotopic (exact) mass is 273 g/mol. The number of ether oxygens (including phenoxy) is 2. The maximum Gasteiger partial charge on any atom is 0.169 e. The number of hydrogen-bond acceptors (Lipinski definition) is 4. The third-order valence-corrected chi connectivity index (χ3v) is 5.35. The van der Waals surface area contributed by atoms with E-state index in [1.807, 2.05) is 0 Å². The molecule has 18 heavy (non-hydrogen) atoms. The van der Waals surface area contributed by atoms with Crippen LogP contribution in [0, 0.1) is 0 Å². The van der Waals surface area contributed by atoms with Crippen LogP contribution in [-0.2, 0) is 9.47 Å². The molecule has 1 aliphatic carbocycles. The molecule has 2 unspecified atom stereocenters. The molecule has 1 saturated heterocycles. The average Bonchev–Trinajstić information content (AvgIpc) is 2.82. The van der Waals surface area contributed by atoms with E-state index >= 15 is 0 Å². The second-order valence-corrected chi connectivity index (χ2v) is 6.62. The largest absolute Gasteiger partial charge is 0.347 e. The van der Waals surface area contributed by atoms with E-state index in [0.29, 0.717) is 11.3 Å². The van der Waals surface area contributed by atoms with Gasteiger partial charge in [-0.1, -0.05) is 20.3 Å². The molecular weight excluding hydrogens is 246 g/mol. The van der Waals surface area contributed by atoms with Crippen LogP contribution in [0.5, 0.6) is 0 Å². The second kappa shape index (κ2) is 7.13. The number of unbranched alkanes of at least 4 members (excludes halogenated alkanes) is 1. The minimum absolute atomic E-state index is 0.240. The fourth-order valence-electron chi connectivity index (χ4n) is 2.92. The number of hydrogen-bond donors (Lipinski definition) is 1. The van der Waals surface area contributed by atoms with Crippen LogP contribution in [0.15, 0.2) is 0 Å². The molecule has 106 valence electrons. The zero-order valence-corrected chi connectivity index (χ0v) is 12.6. The molecule has 0 aromatic carbocycles. The Kier molecular flexibility index (Phi) is 5.80. The number of thioether (sulfide) groups is 1. The molecular formula is C14H27NO2S. The summed E-state index contributed by atoms with van der Waals surface area (Å²) in [6, 6.07) is 0.635. The first-order valence-electron chi connectivity index (χ1n) is 7.42. The Morgan fingerprint density at radius 3 is 2.72 bits per heavy atom. The van der Waals surface area contributed by atoms with Gasteiger partial charge in [-0.3, -0.25) is 0 Å². The van der Waals surface area contributed by atoms with Crippen LogP contribution in [0.3, 0.4) is 0 Å². The molecule has 1 saturated carbocycles. The number of rotatable bonds is 6. The first-order valence-corrected chi connectivity index (χ1v) is 8.47. The van der Waals surface area contributed by atoms with Crippen molar-refractivity contribution >= 4 is 11.8 Å². The van der Waals surface area contributed by atoms with E-state index in [0.717, 1.165) is 32.6 Å². The van der Waals surface area contributed by atoms with Crippen molar-refractivity contribution in [3.05, 3.63) is 0 Å². The highest BCUT2D eigenvalue weighted by atomic mass is 32.2. The normalized spacial score (nSPS) is 31.0. The van der Waals surface area contributed by atoms with Crippen LogP contribution in [0.1, 0.15) is 46.0 Å². The molecule has 2 aliphatic rings. The molecule has 1 spiro atoms. The van der Waals surface area contributed by atoms with Gasteiger partial charge < -0.3 is 14.8 Å². The van der Waals surface area contributed by atoms with E-state index < -0.39 is 0 Å². The average molecular weight is 273 g/mol. The van der Waals surface area contributed by atoms with Crippen LogP contribution < -0.4 is 5.32 Å². The summed E-state index contributed by atoms with van der Waals surface area (Å²) in [5.41, 5.74) is 0. The Hall–Kier alpha value is 0.230. The van der Waals surface area contributed by atoms with Gasteiger partial charge in [-0.2, -0.15) is 11.8 Å². The van der Waals surface area contributed by atoms with Gasteiger partial charge in [-0.05, 0) is 25.1 Å². The van der Waals surface area contributed by atoms with Crippen molar-refractivity contribution in [2.75, 3.05) is 25.5 Å². The van der Waals surface area contributed by atoms with Gasteiger partial charge in [0.05, 0.1) is 13.2 Å². The lowest BCUT2D eigenvalue weighted by Crippen LogP contribution is -2.49. The lowest BCUT2D eigenvalue weighted by molar-refractivity contribution is -0.178. The van der Waals surface area contributed by atoms with Crippen LogP contribution in [-0.4, -0.2) is 42.6 Å². The van der Waals surface area contributed by atoms with Gasteiger partial charge in [0.15, 0.2) is 5.79 Å². The zero-order chi connectivity index (χ0) is 12.8. The van der Waals surface area contributed by atoms with E-state index in [1.165, 1.54) is 25.0 Å². The first-order chi connectivity index (χ1) is 8.79. The maximum atomic E-state index is 5.88. The molecule has 0 aromatic heterocycles. The molecule has 1 N–H and O–H groups in total. The van der Waals surface area contributed by atoms with E-state index in [2.05, 4.69) is 30.9 Å². The Bertz CT molecular complexity index is 244. The summed E-state index contributed by atoms with van der Waals surface area (Å²) in [5, 5.41) is 4.28. The summed E-state index contributed by atoms with van der Waals surface area (Å²) >= 11 is 2.11. The van der Waals surface area contributed by atoms with Gasteiger partial charge in [-0.15, -0.1) is 0 Å². The minimum atomic E-state index is -0.240. The lowest BCUT2D eigenvalue weighted by Gasteiger charge is -2.41. The highest BCUT2D eigenvalue weighted by Crippen LogP contribution is 2.40. The van der Waals surface area contributed by atoms with Gasteiger partial charge in [0, 0.05) is 24.1 Å². The van der Waals surface area contributed by atoms with E-state index in [4.69, 9.17) is 9.47 Å². The van der Waals surface area contributed by atoms with Crippen molar-refractivity contribution in [1.82, 2.24) is 5.32 Å². The van der Waals surface area contributed by atoms with E-state index in [-0.39, 0.29) is 5.79 Å². The lowest BCUT2D eigenvalue weighted by atomic mass is 9.89. The molecule has 1 heterocycles. The van der Waals surface area contributed by atoms with Crippen molar-refractivity contribution in [1.29, 1.82) is 0 Å². The van der Waals surface area contributed by atoms with E-state index in [1.54, 1.807) is 0 Å². The molecule has 4 heteroatoms. The van der Waals surface area contributed by atoms with Crippen LogP contribution >= 0.6 is 11.8 Å². The van der Waals surface area contributed by atoms with Crippen molar-refractivity contribution < 1.29 is 9.47 Å². The summed E-state index contributed by atoms with van der Waals surface area (Å²) in [4.78, 5) is 0. The van der Waals surface area contributed by atoms with Crippen LogP contribution in [0.2, 0.25) is 0 Å². The van der Waals surface area contributed by atoms with Crippen molar-refractivity contribution in [3.63, 3.8) is 0 Å². The highest BCUT2D eigenvalue weighted by Gasteiger charge is 2.44. The van der Waals surface area contributed by atoms with Gasteiger partial charge in [0.1, 0.15) is 0 Å². The summed E-state index contributed by atoms with van der Waals surface area (Å²) in [7, 11) is 0. The molecule has 0 radical (unpaired) electrons. The molecule has 0 bridgehead atoms. The van der Waals surface area contributed by atoms with Gasteiger partial charge in [-0.25, -0.2) is 0 Å². The summed E-state index contributed by atoms with van der Waals surface area (Å²) in [5.74, 6) is 1.02. The third kappa shape index (κ3) is 3.62. The fourth-order valence-corrected chi connectivity index (χ4v) is 4.52. The van der Waals surface area contributed by atoms with Gasteiger partial charge in [0.25, 0.3) is 0 Å². The summed E-state index contributed by atoms with van der Waals surface area (Å²) in [6.07, 6.45) is 5.88. The minimum Gasteiger partial charge on any atom is -0.347 e. The van der Waals surface area contributed by atoms with Gasteiger partial charge in [0.2, 0.25) is 0 Å².